The van der Waals surface area contributed by atoms with Gasteiger partial charge >= 0.3 is 0 Å². The fourth-order valence-electron chi connectivity index (χ4n) is 3.32. The molecule has 2 aliphatic heterocycles. The van der Waals surface area contributed by atoms with Gasteiger partial charge in [-0.2, -0.15) is 10.4 Å². The number of nitriles is 1. The maximum absolute atomic E-state index is 9.27. The zero-order chi connectivity index (χ0) is 16.5. The van der Waals surface area contributed by atoms with Gasteiger partial charge in [0.25, 0.3) is 0 Å². The molecule has 0 aromatic heterocycles. The van der Waals surface area contributed by atoms with Crippen LogP contribution < -0.4 is 26.6 Å². The van der Waals surface area contributed by atoms with E-state index in [0.717, 1.165) is 30.2 Å². The summed E-state index contributed by atoms with van der Waals surface area (Å²) in [6.07, 6.45) is 3.87. The van der Waals surface area contributed by atoms with Crippen LogP contribution in [0, 0.1) is 11.3 Å². The molecule has 0 amide bonds. The lowest BCUT2D eigenvalue weighted by Crippen LogP contribution is -2.30. The molecular weight excluding hydrogens is 300 g/mol. The highest BCUT2D eigenvalue weighted by Crippen LogP contribution is 2.36. The van der Waals surface area contributed by atoms with Crippen molar-refractivity contribution in [2.45, 2.75) is 19.3 Å². The Bertz CT molecular complexity index is 786. The molecule has 122 valence electrons. The van der Waals surface area contributed by atoms with Gasteiger partial charge in [-0.25, -0.2) is 0 Å². The Kier molecular flexibility index (Phi) is 3.54. The summed E-state index contributed by atoms with van der Waals surface area (Å²) >= 11 is 0. The molecule has 4 rings (SSSR count). The van der Waals surface area contributed by atoms with Gasteiger partial charge in [0.15, 0.2) is 0 Å². The van der Waals surface area contributed by atoms with E-state index in [9.17, 15) is 5.26 Å². The van der Waals surface area contributed by atoms with Crippen molar-refractivity contribution in [1.82, 2.24) is 0 Å². The first-order valence-corrected chi connectivity index (χ1v) is 8.27. The molecule has 4 N–H and O–H groups in total. The largest absolute Gasteiger partial charge is 0.399 e. The van der Waals surface area contributed by atoms with E-state index in [1.54, 1.807) is 6.07 Å². The van der Waals surface area contributed by atoms with Crippen molar-refractivity contribution in [3.63, 3.8) is 0 Å². The second-order valence-electron chi connectivity index (χ2n) is 6.23. The van der Waals surface area contributed by atoms with Crippen molar-refractivity contribution in [1.29, 1.82) is 5.26 Å². The standard InChI is InChI=1S/C18H20N6/c19-12-13-10-14(20)11-17-18(13)22-24(21-17)16-6-4-15(5-7-16)23-8-2-1-3-9-23/h4-7,10-11,21-22H,1-3,8-9,20H2. The summed E-state index contributed by atoms with van der Waals surface area (Å²) in [5.74, 6) is 0. The minimum Gasteiger partial charge on any atom is -0.399 e. The quantitative estimate of drug-likeness (QED) is 0.737. The Hall–Kier alpha value is -3.07. The second kappa shape index (κ2) is 5.85. The predicted molar refractivity (Wildman–Crippen MR) is 97.8 cm³/mol. The number of hydrogen-bond acceptors (Lipinski definition) is 6. The van der Waals surface area contributed by atoms with Crippen LogP contribution in [0.2, 0.25) is 0 Å². The van der Waals surface area contributed by atoms with Crippen molar-refractivity contribution in [2.24, 2.45) is 0 Å². The van der Waals surface area contributed by atoms with Crippen LogP contribution in [-0.2, 0) is 0 Å². The fraction of sp³-hybridized carbons (Fsp3) is 0.278. The van der Waals surface area contributed by atoms with Crippen molar-refractivity contribution in [3.05, 3.63) is 42.0 Å². The number of piperidine rings is 1. The number of hydrazine groups is 2. The third-order valence-electron chi connectivity index (χ3n) is 4.57. The van der Waals surface area contributed by atoms with Crippen molar-refractivity contribution in [3.8, 4) is 6.07 Å². The minimum atomic E-state index is 0.532. The number of fused-ring (bicyclic) bond motifs is 1. The van der Waals surface area contributed by atoms with Gasteiger partial charge in [0.2, 0.25) is 0 Å². The van der Waals surface area contributed by atoms with Gasteiger partial charge in [0.1, 0.15) is 6.07 Å². The van der Waals surface area contributed by atoms with Crippen LogP contribution in [-0.4, -0.2) is 13.1 Å². The Morgan fingerprint density at radius 3 is 2.38 bits per heavy atom. The van der Waals surface area contributed by atoms with Crippen molar-refractivity contribution < 1.29 is 0 Å². The third-order valence-corrected chi connectivity index (χ3v) is 4.57. The normalized spacial score (nSPS) is 16.1. The average molecular weight is 320 g/mol. The molecule has 1 fully saturated rings. The number of nitrogens with one attached hydrogen (secondary N) is 2. The molecule has 24 heavy (non-hydrogen) atoms. The second-order valence-corrected chi connectivity index (χ2v) is 6.23. The van der Waals surface area contributed by atoms with Crippen LogP contribution in [0.5, 0.6) is 0 Å². The maximum atomic E-state index is 9.27. The summed E-state index contributed by atoms with van der Waals surface area (Å²) in [6.45, 7) is 2.27. The summed E-state index contributed by atoms with van der Waals surface area (Å²) in [5.41, 5.74) is 17.2. The number of benzene rings is 2. The van der Waals surface area contributed by atoms with E-state index in [2.05, 4.69) is 46.1 Å². The molecule has 0 bridgehead atoms. The molecule has 1 saturated heterocycles. The number of nitrogens with two attached hydrogens (primary N) is 1. The van der Waals surface area contributed by atoms with E-state index in [-0.39, 0.29) is 0 Å². The van der Waals surface area contributed by atoms with Crippen LogP contribution in [0.25, 0.3) is 0 Å². The van der Waals surface area contributed by atoms with E-state index >= 15 is 0 Å². The summed E-state index contributed by atoms with van der Waals surface area (Å²) in [5, 5.41) is 11.1. The Labute approximate surface area is 141 Å². The molecule has 0 aliphatic carbocycles. The van der Waals surface area contributed by atoms with Gasteiger partial charge in [-0.15, -0.1) is 0 Å². The number of hydrogen-bond donors (Lipinski definition) is 3. The van der Waals surface area contributed by atoms with Crippen LogP contribution >= 0.6 is 0 Å². The molecular formula is C18H20N6. The number of rotatable bonds is 2. The van der Waals surface area contributed by atoms with Crippen LogP contribution in [0.1, 0.15) is 24.8 Å². The monoisotopic (exact) mass is 320 g/mol. The zero-order valence-electron chi connectivity index (χ0n) is 13.4. The lowest BCUT2D eigenvalue weighted by atomic mass is 10.1. The number of nitrogens with zero attached hydrogens (tertiary/aromatic N) is 3. The summed E-state index contributed by atoms with van der Waals surface area (Å²) in [7, 11) is 0. The number of anilines is 5. The Balaban J connectivity index is 1.54. The number of nitrogen functional groups attached to an aromatic ring is 1. The third kappa shape index (κ3) is 2.54. The summed E-state index contributed by atoms with van der Waals surface area (Å²) in [6, 6.07) is 14.1. The molecule has 6 heteroatoms. The molecule has 0 saturated carbocycles. The maximum Gasteiger partial charge on any atom is 0.102 e. The van der Waals surface area contributed by atoms with Gasteiger partial charge in [-0.05, 0) is 55.7 Å². The van der Waals surface area contributed by atoms with Crippen LogP contribution in [0.4, 0.5) is 28.4 Å². The van der Waals surface area contributed by atoms with Gasteiger partial charge in [0.05, 0.1) is 22.6 Å². The topological polar surface area (TPSA) is 80.3 Å². The molecule has 2 heterocycles. The molecule has 0 atom stereocenters. The lowest BCUT2D eigenvalue weighted by Gasteiger charge is -2.29. The lowest BCUT2D eigenvalue weighted by molar-refractivity contribution is 0.578. The Morgan fingerprint density at radius 1 is 0.958 bits per heavy atom. The highest BCUT2D eigenvalue weighted by Gasteiger charge is 2.22. The van der Waals surface area contributed by atoms with Crippen LogP contribution in [0.3, 0.4) is 0 Å². The summed E-state index contributed by atoms with van der Waals surface area (Å²) < 4.78 is 0. The van der Waals surface area contributed by atoms with E-state index in [1.807, 2.05) is 11.2 Å². The van der Waals surface area contributed by atoms with Crippen LogP contribution in [0.15, 0.2) is 36.4 Å². The summed E-state index contributed by atoms with van der Waals surface area (Å²) in [4.78, 5) is 2.43. The molecule has 2 aromatic rings. The molecule has 0 unspecified atom stereocenters. The van der Waals surface area contributed by atoms with Gasteiger partial charge in [-0.3, -0.25) is 10.9 Å². The first kappa shape index (κ1) is 14.5. The Morgan fingerprint density at radius 2 is 1.67 bits per heavy atom. The van der Waals surface area contributed by atoms with E-state index in [4.69, 9.17) is 5.73 Å². The molecule has 0 radical (unpaired) electrons. The molecule has 6 nitrogen and oxygen atoms in total. The first-order valence-electron chi connectivity index (χ1n) is 8.27. The average Bonchev–Trinajstić information content (AvgIpc) is 3.06. The SMILES string of the molecule is N#Cc1cc(N)cc2c1NN(c1ccc(N3CCCCC3)cc1)N2. The van der Waals surface area contributed by atoms with Gasteiger partial charge in [0, 0.05) is 24.5 Å². The minimum absolute atomic E-state index is 0.532. The predicted octanol–water partition coefficient (Wildman–Crippen LogP) is 3.30. The van der Waals surface area contributed by atoms with Gasteiger partial charge in [-0.1, -0.05) is 0 Å². The molecule has 2 aromatic carbocycles. The van der Waals surface area contributed by atoms with Crippen molar-refractivity contribution in [2.75, 3.05) is 39.7 Å². The molecule has 0 spiro atoms. The van der Waals surface area contributed by atoms with E-state index in [0.29, 0.717) is 11.3 Å². The first-order chi connectivity index (χ1) is 11.7. The van der Waals surface area contributed by atoms with Gasteiger partial charge < -0.3 is 10.6 Å². The fourth-order valence-corrected chi connectivity index (χ4v) is 3.32. The van der Waals surface area contributed by atoms with E-state index in [1.165, 1.54) is 24.9 Å². The smallest absolute Gasteiger partial charge is 0.102 e. The highest BCUT2D eigenvalue weighted by molar-refractivity contribution is 5.86. The zero-order valence-corrected chi connectivity index (χ0v) is 13.4. The highest BCUT2D eigenvalue weighted by atomic mass is 15.8. The van der Waals surface area contributed by atoms with Crippen molar-refractivity contribution >= 4 is 28.4 Å². The van der Waals surface area contributed by atoms with E-state index < -0.39 is 0 Å². The molecule has 2 aliphatic rings.